The van der Waals surface area contributed by atoms with Crippen LogP contribution in [0.2, 0.25) is 0 Å². The van der Waals surface area contributed by atoms with Crippen LogP contribution in [0, 0.1) is 0 Å². The van der Waals surface area contributed by atoms with Crippen LogP contribution in [-0.4, -0.2) is 33.7 Å². The summed E-state index contributed by atoms with van der Waals surface area (Å²) < 4.78 is 5.76. The molecule has 2 aromatic rings. The Morgan fingerprint density at radius 1 is 1.42 bits per heavy atom. The van der Waals surface area contributed by atoms with Gasteiger partial charge in [-0.25, -0.2) is 14.4 Å². The molecule has 19 heavy (non-hydrogen) atoms. The summed E-state index contributed by atoms with van der Waals surface area (Å²) in [6.07, 6.45) is 0. The van der Waals surface area contributed by atoms with Gasteiger partial charge in [-0.3, -0.25) is 4.57 Å². The molecule has 2 N–H and O–H groups in total. The Bertz CT molecular complexity index is 712. The fraction of sp³-hybridized carbons (Fsp3) is 0.250. The van der Waals surface area contributed by atoms with Gasteiger partial charge in [-0.1, -0.05) is 0 Å². The molecule has 1 aromatic heterocycles. The van der Waals surface area contributed by atoms with Crippen molar-refractivity contribution in [2.75, 3.05) is 7.11 Å². The van der Waals surface area contributed by atoms with E-state index in [1.54, 1.807) is 0 Å². The maximum Gasteiger partial charge on any atom is 0.335 e. The van der Waals surface area contributed by atoms with E-state index in [-0.39, 0.29) is 5.56 Å². The van der Waals surface area contributed by atoms with Crippen LogP contribution in [-0.2, 0) is 9.53 Å². The average Bonchev–Trinajstić information content (AvgIpc) is 2.71. The van der Waals surface area contributed by atoms with Crippen LogP contribution in [0.25, 0.3) is 11.0 Å². The second-order valence-electron chi connectivity index (χ2n) is 4.04. The number of carbonyl (C=O) groups is 2. The number of benzene rings is 1. The number of imidazole rings is 1. The van der Waals surface area contributed by atoms with Gasteiger partial charge in [-0.05, 0) is 25.1 Å². The van der Waals surface area contributed by atoms with Crippen molar-refractivity contribution in [1.29, 1.82) is 0 Å². The van der Waals surface area contributed by atoms with Gasteiger partial charge in [0.15, 0.2) is 0 Å². The van der Waals surface area contributed by atoms with Crippen molar-refractivity contribution in [3.63, 3.8) is 0 Å². The zero-order chi connectivity index (χ0) is 14.2. The first kappa shape index (κ1) is 12.9. The fourth-order valence-electron chi connectivity index (χ4n) is 1.91. The Morgan fingerprint density at radius 3 is 2.68 bits per heavy atom. The van der Waals surface area contributed by atoms with E-state index >= 15 is 0 Å². The molecule has 7 heteroatoms. The van der Waals surface area contributed by atoms with Crippen LogP contribution in [0.5, 0.6) is 0 Å². The molecule has 100 valence electrons. The maximum absolute atomic E-state index is 11.8. The van der Waals surface area contributed by atoms with Crippen LogP contribution >= 0.6 is 0 Å². The smallest absolute Gasteiger partial charge is 0.335 e. The molecular weight excluding hydrogens is 252 g/mol. The highest BCUT2D eigenvalue weighted by Crippen LogP contribution is 2.17. The molecule has 0 saturated carbocycles. The average molecular weight is 264 g/mol. The van der Waals surface area contributed by atoms with Crippen LogP contribution < -0.4 is 5.69 Å². The zero-order valence-corrected chi connectivity index (χ0v) is 10.3. The number of aromatic nitrogens is 2. The normalized spacial score (nSPS) is 12.3. The van der Waals surface area contributed by atoms with E-state index in [1.165, 1.54) is 36.8 Å². The van der Waals surface area contributed by atoms with Crippen LogP contribution in [0.4, 0.5) is 0 Å². The van der Waals surface area contributed by atoms with Crippen molar-refractivity contribution in [3.05, 3.63) is 34.2 Å². The van der Waals surface area contributed by atoms with Gasteiger partial charge >= 0.3 is 17.6 Å². The van der Waals surface area contributed by atoms with Crippen molar-refractivity contribution in [2.45, 2.75) is 13.0 Å². The number of aromatic carboxylic acids is 1. The van der Waals surface area contributed by atoms with E-state index in [9.17, 15) is 14.4 Å². The number of fused-ring (bicyclic) bond motifs is 1. The Labute approximate surface area is 107 Å². The Hall–Kier alpha value is -2.57. The summed E-state index contributed by atoms with van der Waals surface area (Å²) in [5.41, 5.74) is 0.362. The number of nitrogens with zero attached hydrogens (tertiary/aromatic N) is 1. The summed E-state index contributed by atoms with van der Waals surface area (Å²) in [5, 5.41) is 8.95. The minimum Gasteiger partial charge on any atom is -0.478 e. The van der Waals surface area contributed by atoms with E-state index in [0.717, 1.165) is 0 Å². The number of hydrogen-bond donors (Lipinski definition) is 2. The highest BCUT2D eigenvalue weighted by molar-refractivity contribution is 5.92. The second kappa shape index (κ2) is 4.60. The van der Waals surface area contributed by atoms with Crippen molar-refractivity contribution in [2.24, 2.45) is 0 Å². The maximum atomic E-state index is 11.8. The molecule has 7 nitrogen and oxygen atoms in total. The number of carbonyl (C=O) groups excluding carboxylic acids is 1. The number of hydrogen-bond acceptors (Lipinski definition) is 4. The van der Waals surface area contributed by atoms with Crippen molar-refractivity contribution >= 4 is 23.0 Å². The molecule has 0 fully saturated rings. The lowest BCUT2D eigenvalue weighted by Crippen LogP contribution is -2.26. The number of carboxylic acids is 1. The number of aromatic amines is 1. The molecule has 1 unspecified atom stereocenters. The van der Waals surface area contributed by atoms with Crippen molar-refractivity contribution in [3.8, 4) is 0 Å². The number of esters is 1. The summed E-state index contributed by atoms with van der Waals surface area (Å²) in [6.45, 7) is 1.51. The number of ether oxygens (including phenoxy) is 1. The summed E-state index contributed by atoms with van der Waals surface area (Å²) in [7, 11) is 1.22. The molecule has 1 aromatic carbocycles. The topological polar surface area (TPSA) is 101 Å². The van der Waals surface area contributed by atoms with E-state index in [1.807, 2.05) is 0 Å². The third-order valence-corrected chi connectivity index (χ3v) is 2.89. The lowest BCUT2D eigenvalue weighted by atomic mass is 10.2. The van der Waals surface area contributed by atoms with Crippen molar-refractivity contribution < 1.29 is 19.4 Å². The molecule has 0 aliphatic heterocycles. The van der Waals surface area contributed by atoms with E-state index < -0.39 is 23.7 Å². The van der Waals surface area contributed by atoms with E-state index in [0.29, 0.717) is 11.0 Å². The lowest BCUT2D eigenvalue weighted by Gasteiger charge is -2.10. The first-order valence-corrected chi connectivity index (χ1v) is 5.51. The van der Waals surface area contributed by atoms with Crippen LogP contribution in [0.1, 0.15) is 23.3 Å². The fourth-order valence-corrected chi connectivity index (χ4v) is 1.91. The van der Waals surface area contributed by atoms with E-state index in [2.05, 4.69) is 9.72 Å². The van der Waals surface area contributed by atoms with Gasteiger partial charge in [0.05, 0.1) is 23.7 Å². The van der Waals surface area contributed by atoms with Gasteiger partial charge in [0, 0.05) is 0 Å². The molecule has 1 atom stereocenters. The molecule has 0 aliphatic carbocycles. The molecule has 0 saturated heterocycles. The van der Waals surface area contributed by atoms with Gasteiger partial charge in [0.1, 0.15) is 6.04 Å². The van der Waals surface area contributed by atoms with Gasteiger partial charge in [-0.15, -0.1) is 0 Å². The Kier molecular flexibility index (Phi) is 3.12. The van der Waals surface area contributed by atoms with E-state index in [4.69, 9.17) is 5.11 Å². The molecule has 2 rings (SSSR count). The minimum atomic E-state index is -1.10. The Morgan fingerprint density at radius 2 is 2.11 bits per heavy atom. The highest BCUT2D eigenvalue weighted by atomic mass is 16.5. The van der Waals surface area contributed by atoms with Gasteiger partial charge in [0.2, 0.25) is 0 Å². The Balaban J connectivity index is 2.69. The third-order valence-electron chi connectivity index (χ3n) is 2.89. The van der Waals surface area contributed by atoms with Crippen molar-refractivity contribution in [1.82, 2.24) is 9.55 Å². The number of rotatable bonds is 3. The van der Waals surface area contributed by atoms with Gasteiger partial charge in [-0.2, -0.15) is 0 Å². The molecule has 0 bridgehead atoms. The highest BCUT2D eigenvalue weighted by Gasteiger charge is 2.21. The van der Waals surface area contributed by atoms with Gasteiger partial charge < -0.3 is 14.8 Å². The second-order valence-corrected chi connectivity index (χ2v) is 4.04. The molecule has 0 amide bonds. The summed E-state index contributed by atoms with van der Waals surface area (Å²) in [6, 6.07) is 3.37. The summed E-state index contributed by atoms with van der Waals surface area (Å²) in [5.74, 6) is -1.68. The number of H-pyrrole nitrogens is 1. The minimum absolute atomic E-state index is 0.0392. The van der Waals surface area contributed by atoms with Crippen LogP contribution in [0.3, 0.4) is 0 Å². The largest absolute Gasteiger partial charge is 0.478 e. The molecule has 1 heterocycles. The summed E-state index contributed by atoms with van der Waals surface area (Å²) >= 11 is 0. The monoisotopic (exact) mass is 264 g/mol. The molecule has 0 aliphatic rings. The first-order valence-electron chi connectivity index (χ1n) is 5.51. The first-order chi connectivity index (χ1) is 8.95. The number of nitrogens with one attached hydrogen (secondary N) is 1. The lowest BCUT2D eigenvalue weighted by molar-refractivity contribution is -0.144. The van der Waals surface area contributed by atoms with Crippen LogP contribution in [0.15, 0.2) is 23.0 Å². The standard InChI is InChI=1S/C12H12N2O5/c1-6(11(17)19-2)14-9-5-7(10(15)16)3-4-8(9)13-12(14)18/h3-6H,1-2H3,(H,13,18)(H,15,16). The summed E-state index contributed by atoms with van der Waals surface area (Å²) in [4.78, 5) is 36.8. The molecule has 0 spiro atoms. The zero-order valence-electron chi connectivity index (χ0n) is 10.3. The quantitative estimate of drug-likeness (QED) is 0.797. The number of methoxy groups -OCH3 is 1. The SMILES string of the molecule is COC(=O)C(C)n1c(=O)[nH]c2ccc(C(=O)O)cc21. The third kappa shape index (κ3) is 2.10. The molecular formula is C12H12N2O5. The number of carboxylic acid groups (broad SMARTS) is 1. The molecule has 0 radical (unpaired) electrons. The predicted molar refractivity (Wildman–Crippen MR) is 66.2 cm³/mol. The van der Waals surface area contributed by atoms with Gasteiger partial charge in [0.25, 0.3) is 0 Å². The predicted octanol–water partition coefficient (Wildman–Crippen LogP) is 0.762.